The number of carbonyl (C=O) groups is 5. The normalized spacial score (nSPS) is 12.5. The van der Waals surface area contributed by atoms with Gasteiger partial charge in [0, 0.05) is 25.8 Å². The van der Waals surface area contributed by atoms with Gasteiger partial charge in [0.05, 0.1) is 0 Å². The zero-order valence-electron chi connectivity index (χ0n) is 29.2. The number of ether oxygens (including phenoxy) is 2. The van der Waals surface area contributed by atoms with Crippen molar-refractivity contribution in [2.24, 2.45) is 11.7 Å². The second-order valence-electron chi connectivity index (χ2n) is 13.0. The molecule has 0 saturated heterocycles. The van der Waals surface area contributed by atoms with Crippen LogP contribution in [0.25, 0.3) is 0 Å². The molecule has 5 amide bonds. The molecular weight excluding hydrogens is 616 g/mol. The Morgan fingerprint density at radius 3 is 2.12 bits per heavy atom. The van der Waals surface area contributed by atoms with Gasteiger partial charge in [-0.15, -0.1) is 0 Å². The van der Waals surface area contributed by atoms with E-state index in [0.29, 0.717) is 25.1 Å². The number of hydrogen-bond acceptors (Lipinski definition) is 8. The second kappa shape index (κ2) is 19.2. The number of anilines is 1. The Hall–Kier alpha value is -4.65. The summed E-state index contributed by atoms with van der Waals surface area (Å²) in [5, 5.41) is 7.53. The van der Waals surface area contributed by atoms with Gasteiger partial charge in [-0.2, -0.15) is 0 Å². The van der Waals surface area contributed by atoms with Crippen molar-refractivity contribution in [1.82, 2.24) is 20.9 Å². The molecule has 0 aliphatic carbocycles. The fourth-order valence-electron chi connectivity index (χ4n) is 4.95. The number of hydrogen-bond donors (Lipinski definition) is 4. The van der Waals surface area contributed by atoms with Crippen LogP contribution in [0.4, 0.5) is 15.3 Å². The molecule has 13 nitrogen and oxygen atoms in total. The number of urea groups is 1. The van der Waals surface area contributed by atoms with Crippen molar-refractivity contribution in [3.8, 4) is 0 Å². The lowest BCUT2D eigenvalue weighted by Gasteiger charge is -2.29. The Kier molecular flexibility index (Phi) is 15.8. The third-order valence-corrected chi connectivity index (χ3v) is 7.37. The first-order valence-corrected chi connectivity index (χ1v) is 16.1. The molecule has 13 heteroatoms. The predicted octanol–water partition coefficient (Wildman–Crippen LogP) is 3.35. The number of primary amides is 1. The Labute approximate surface area is 283 Å². The number of amides is 5. The smallest absolute Gasteiger partial charge is 0.408 e. The van der Waals surface area contributed by atoms with Crippen LogP contribution < -0.4 is 26.6 Å². The molecule has 2 atom stereocenters. The summed E-state index contributed by atoms with van der Waals surface area (Å²) in [4.78, 5) is 65.6. The number of carbonyl (C=O) groups excluding carboxylic acids is 5. The van der Waals surface area contributed by atoms with Gasteiger partial charge in [-0.25, -0.2) is 9.59 Å². The maximum Gasteiger partial charge on any atom is 0.408 e. The molecule has 2 rings (SSSR count). The van der Waals surface area contributed by atoms with Gasteiger partial charge in [0.1, 0.15) is 30.8 Å². The van der Waals surface area contributed by atoms with E-state index in [1.165, 1.54) is 4.90 Å². The van der Waals surface area contributed by atoms with Crippen LogP contribution in [-0.2, 0) is 36.9 Å². The van der Waals surface area contributed by atoms with Crippen molar-refractivity contribution in [3.63, 3.8) is 0 Å². The molecule has 2 aromatic rings. The van der Waals surface area contributed by atoms with Crippen molar-refractivity contribution in [2.45, 2.75) is 78.2 Å². The van der Waals surface area contributed by atoms with Crippen molar-refractivity contribution >= 4 is 35.6 Å². The van der Waals surface area contributed by atoms with E-state index in [4.69, 9.17) is 15.2 Å². The van der Waals surface area contributed by atoms with E-state index in [0.717, 1.165) is 11.1 Å². The molecule has 2 aromatic carbocycles. The van der Waals surface area contributed by atoms with E-state index in [9.17, 15) is 24.0 Å². The predicted molar refractivity (Wildman–Crippen MR) is 184 cm³/mol. The van der Waals surface area contributed by atoms with Gasteiger partial charge in [0.2, 0.25) is 11.8 Å². The summed E-state index contributed by atoms with van der Waals surface area (Å²) in [6.07, 6.45) is 0.505. The van der Waals surface area contributed by atoms with Gasteiger partial charge in [0.15, 0.2) is 0 Å². The first-order chi connectivity index (χ1) is 22.6. The average Bonchev–Trinajstić information content (AvgIpc) is 3.02. The maximum atomic E-state index is 13.5. The zero-order valence-corrected chi connectivity index (χ0v) is 29.2. The molecular formula is C35H52N6O7. The highest BCUT2D eigenvalue weighted by Gasteiger charge is 2.28. The van der Waals surface area contributed by atoms with E-state index in [1.807, 2.05) is 80.4 Å². The number of nitrogens with one attached hydrogen (secondary N) is 3. The van der Waals surface area contributed by atoms with Crippen LogP contribution in [0.1, 0.15) is 58.6 Å². The van der Waals surface area contributed by atoms with Gasteiger partial charge >= 0.3 is 18.1 Å². The minimum atomic E-state index is -0.930. The fraction of sp³-hybridized carbons (Fsp3) is 0.514. The number of benzene rings is 2. The summed E-state index contributed by atoms with van der Waals surface area (Å²) in [6.45, 7) is 9.78. The number of nitrogens with zero attached hydrogens (tertiary/aromatic N) is 2. The van der Waals surface area contributed by atoms with Crippen LogP contribution in [0, 0.1) is 5.92 Å². The number of nitrogens with two attached hydrogens (primary N) is 1. The van der Waals surface area contributed by atoms with Gasteiger partial charge in [-0.3, -0.25) is 19.3 Å². The lowest BCUT2D eigenvalue weighted by Crippen LogP contribution is -2.50. The molecule has 0 spiro atoms. The monoisotopic (exact) mass is 668 g/mol. The maximum absolute atomic E-state index is 13.5. The standard InChI is InChI=1S/C35H52N6O7/c1-24(2)30(32(44)47-23-26-12-9-8-10-13-26)40(6)21-19-25-15-17-27(18-16-25)41(7)31(43)28(14-11-20-37-33(36)45)39-29(42)22-38-34(46)48-35(3,4)5/h8-10,12-13,15-18,24,28,30H,11,14,19-23H2,1-7H3,(H,38,46)(H,39,42)(H3,36,37,45)/t28-,30-/m0/s1. The van der Waals surface area contributed by atoms with Crippen LogP contribution in [0.5, 0.6) is 0 Å². The molecule has 264 valence electrons. The van der Waals surface area contributed by atoms with Crippen LogP contribution in [0.15, 0.2) is 54.6 Å². The van der Waals surface area contributed by atoms with Crippen LogP contribution in [0.2, 0.25) is 0 Å². The summed E-state index contributed by atoms with van der Waals surface area (Å²) in [7, 11) is 3.52. The van der Waals surface area contributed by atoms with Gasteiger partial charge in [-0.05, 0) is 76.3 Å². The highest BCUT2D eigenvalue weighted by Crippen LogP contribution is 2.18. The van der Waals surface area contributed by atoms with E-state index in [-0.39, 0.29) is 43.9 Å². The van der Waals surface area contributed by atoms with Gasteiger partial charge < -0.3 is 36.1 Å². The molecule has 0 aliphatic rings. The number of alkyl carbamates (subject to hydrolysis) is 1. The van der Waals surface area contributed by atoms with Crippen LogP contribution >= 0.6 is 0 Å². The van der Waals surface area contributed by atoms with Crippen molar-refractivity contribution < 1.29 is 33.4 Å². The SMILES string of the molecule is CC(C)[C@@H](C(=O)OCc1ccccc1)N(C)CCc1ccc(N(C)C(=O)[C@H](CCCNC(N)=O)NC(=O)CNC(=O)OC(C)(C)C)cc1. The largest absolute Gasteiger partial charge is 0.460 e. The first-order valence-electron chi connectivity index (χ1n) is 16.1. The average molecular weight is 669 g/mol. The van der Waals surface area contributed by atoms with E-state index in [1.54, 1.807) is 27.8 Å². The van der Waals surface area contributed by atoms with Crippen LogP contribution in [0.3, 0.4) is 0 Å². The number of esters is 1. The lowest BCUT2D eigenvalue weighted by atomic mass is 10.0. The molecule has 0 bridgehead atoms. The number of likely N-dealkylation sites (N-methyl/N-ethyl adjacent to an activating group) is 2. The molecule has 0 aliphatic heterocycles. The summed E-state index contributed by atoms with van der Waals surface area (Å²) >= 11 is 0. The second-order valence-corrected chi connectivity index (χ2v) is 13.0. The molecule has 0 aromatic heterocycles. The zero-order chi connectivity index (χ0) is 35.9. The van der Waals surface area contributed by atoms with E-state index in [2.05, 4.69) is 16.0 Å². The molecule has 0 fully saturated rings. The van der Waals surface area contributed by atoms with E-state index < -0.39 is 35.7 Å². The third-order valence-electron chi connectivity index (χ3n) is 7.37. The Bertz CT molecular complexity index is 1350. The van der Waals surface area contributed by atoms with Crippen molar-refractivity contribution in [2.75, 3.05) is 38.6 Å². The molecule has 0 saturated carbocycles. The highest BCUT2D eigenvalue weighted by molar-refractivity contribution is 5.99. The summed E-state index contributed by atoms with van der Waals surface area (Å²) in [5.74, 6) is -1.16. The molecule has 0 radical (unpaired) electrons. The van der Waals surface area contributed by atoms with Crippen molar-refractivity contribution in [3.05, 3.63) is 65.7 Å². The topological polar surface area (TPSA) is 172 Å². The van der Waals surface area contributed by atoms with Crippen molar-refractivity contribution in [1.29, 1.82) is 0 Å². The number of rotatable bonds is 17. The van der Waals surface area contributed by atoms with Crippen LogP contribution in [-0.4, -0.2) is 86.2 Å². The lowest BCUT2D eigenvalue weighted by molar-refractivity contribution is -0.152. The first kappa shape index (κ1) is 39.5. The molecule has 0 unspecified atom stereocenters. The quantitative estimate of drug-likeness (QED) is 0.147. The molecule has 0 heterocycles. The molecule has 5 N–H and O–H groups in total. The Morgan fingerprint density at radius 1 is 0.896 bits per heavy atom. The summed E-state index contributed by atoms with van der Waals surface area (Å²) in [5.41, 5.74) is 6.97. The van der Waals surface area contributed by atoms with Gasteiger partial charge in [-0.1, -0.05) is 56.3 Å². The minimum absolute atomic E-state index is 0.0495. The minimum Gasteiger partial charge on any atom is -0.460 e. The van der Waals surface area contributed by atoms with Gasteiger partial charge in [0.25, 0.3) is 0 Å². The summed E-state index contributed by atoms with van der Waals surface area (Å²) in [6, 6.07) is 15.0. The Balaban J connectivity index is 2.00. The van der Waals surface area contributed by atoms with E-state index >= 15 is 0 Å². The third kappa shape index (κ3) is 14.4. The summed E-state index contributed by atoms with van der Waals surface area (Å²) < 4.78 is 10.8. The molecule has 48 heavy (non-hydrogen) atoms. The highest BCUT2D eigenvalue weighted by atomic mass is 16.6. The fourth-order valence-corrected chi connectivity index (χ4v) is 4.95. The Morgan fingerprint density at radius 2 is 1.54 bits per heavy atom.